The quantitative estimate of drug-likeness (QED) is 0.597. The maximum atomic E-state index is 10.5. The van der Waals surface area contributed by atoms with Crippen LogP contribution in [0.5, 0.6) is 5.75 Å². The van der Waals surface area contributed by atoms with Gasteiger partial charge in [-0.25, -0.2) is 10.2 Å². The van der Waals surface area contributed by atoms with E-state index in [1.165, 1.54) is 0 Å². The summed E-state index contributed by atoms with van der Waals surface area (Å²) in [5, 5.41) is 12.1. The van der Waals surface area contributed by atoms with Crippen LogP contribution in [-0.4, -0.2) is 18.3 Å². The van der Waals surface area contributed by atoms with E-state index < -0.39 is 6.03 Å². The van der Waals surface area contributed by atoms with E-state index >= 15 is 0 Å². The summed E-state index contributed by atoms with van der Waals surface area (Å²) in [5.74, 6) is 0.603. The van der Waals surface area contributed by atoms with Crippen LogP contribution in [0.2, 0.25) is 0 Å². The highest BCUT2D eigenvalue weighted by Crippen LogP contribution is 2.12. The number of nitriles is 1. The number of nitrogens with zero attached hydrogens (tertiary/aromatic N) is 2. The number of amides is 2. The monoisotopic (exact) mass is 232 g/mol. The Morgan fingerprint density at radius 3 is 2.71 bits per heavy atom. The minimum atomic E-state index is -0.710. The fourth-order valence-corrected chi connectivity index (χ4v) is 1.11. The molecule has 2 amide bonds. The fourth-order valence-electron chi connectivity index (χ4n) is 1.11. The van der Waals surface area contributed by atoms with Crippen LogP contribution in [-0.2, 0) is 0 Å². The molecular formula is C11H12N4O2. The van der Waals surface area contributed by atoms with Gasteiger partial charge in [-0.3, -0.25) is 0 Å². The summed E-state index contributed by atoms with van der Waals surface area (Å²) >= 11 is 0. The van der Waals surface area contributed by atoms with Crippen LogP contribution in [0.3, 0.4) is 0 Å². The Labute approximate surface area is 98.7 Å². The molecule has 0 spiro atoms. The lowest BCUT2D eigenvalue weighted by atomic mass is 10.1. The lowest BCUT2D eigenvalue weighted by Gasteiger charge is -2.04. The molecule has 0 unspecified atom stereocenters. The van der Waals surface area contributed by atoms with E-state index in [0.29, 0.717) is 11.5 Å². The van der Waals surface area contributed by atoms with Crippen molar-refractivity contribution >= 4 is 11.7 Å². The molecule has 1 rings (SSSR count). The first-order valence-corrected chi connectivity index (χ1v) is 4.83. The summed E-state index contributed by atoms with van der Waals surface area (Å²) in [5.41, 5.74) is 8.48. The highest BCUT2D eigenvalue weighted by Gasteiger charge is 1.99. The van der Waals surface area contributed by atoms with E-state index in [9.17, 15) is 4.79 Å². The van der Waals surface area contributed by atoms with E-state index in [2.05, 4.69) is 10.5 Å². The van der Waals surface area contributed by atoms with Gasteiger partial charge in [0.05, 0.1) is 5.71 Å². The highest BCUT2D eigenvalue weighted by molar-refractivity contribution is 5.99. The van der Waals surface area contributed by atoms with Gasteiger partial charge in [0.1, 0.15) is 11.8 Å². The second-order valence-electron chi connectivity index (χ2n) is 3.14. The van der Waals surface area contributed by atoms with Gasteiger partial charge in [0.15, 0.2) is 6.61 Å². The van der Waals surface area contributed by atoms with Crippen molar-refractivity contribution in [2.24, 2.45) is 10.8 Å². The Morgan fingerprint density at radius 1 is 1.53 bits per heavy atom. The third-order valence-corrected chi connectivity index (χ3v) is 1.91. The van der Waals surface area contributed by atoms with Crippen molar-refractivity contribution in [2.45, 2.75) is 6.92 Å². The van der Waals surface area contributed by atoms with Gasteiger partial charge < -0.3 is 10.5 Å². The van der Waals surface area contributed by atoms with Crippen molar-refractivity contribution in [1.82, 2.24) is 5.43 Å². The predicted molar refractivity (Wildman–Crippen MR) is 62.5 cm³/mol. The highest BCUT2D eigenvalue weighted by atomic mass is 16.5. The topological polar surface area (TPSA) is 100 Å². The Hall–Kier alpha value is -2.55. The summed E-state index contributed by atoms with van der Waals surface area (Å²) in [6.07, 6.45) is 0. The number of carbonyl (C=O) groups excluding carboxylic acids is 1. The Balaban J connectivity index is 2.70. The van der Waals surface area contributed by atoms with Crippen LogP contribution < -0.4 is 15.9 Å². The number of urea groups is 1. The minimum Gasteiger partial charge on any atom is -0.479 e. The van der Waals surface area contributed by atoms with Crippen molar-refractivity contribution in [3.05, 3.63) is 29.8 Å². The molecule has 0 aliphatic heterocycles. The third-order valence-electron chi connectivity index (χ3n) is 1.91. The molecule has 0 aliphatic rings. The molecule has 1 aromatic rings. The molecule has 0 atom stereocenters. The van der Waals surface area contributed by atoms with E-state index in [1.807, 2.05) is 6.07 Å². The predicted octanol–water partition coefficient (Wildman–Crippen LogP) is 0.981. The van der Waals surface area contributed by atoms with Crippen LogP contribution >= 0.6 is 0 Å². The Morgan fingerprint density at radius 2 is 2.18 bits per heavy atom. The van der Waals surface area contributed by atoms with Crippen molar-refractivity contribution in [1.29, 1.82) is 5.26 Å². The van der Waals surface area contributed by atoms with Gasteiger partial charge in [-0.05, 0) is 36.8 Å². The van der Waals surface area contributed by atoms with Gasteiger partial charge in [0.2, 0.25) is 0 Å². The molecule has 0 saturated carbocycles. The number of nitrogens with one attached hydrogen (secondary N) is 1. The number of primary amides is 1. The summed E-state index contributed by atoms with van der Waals surface area (Å²) < 4.78 is 5.10. The number of benzene rings is 1. The number of carbonyl (C=O) groups is 1. The first kappa shape index (κ1) is 12.5. The van der Waals surface area contributed by atoms with E-state index in [4.69, 9.17) is 15.7 Å². The third kappa shape index (κ3) is 4.22. The van der Waals surface area contributed by atoms with Crippen LogP contribution in [0.1, 0.15) is 12.5 Å². The number of ether oxygens (including phenoxy) is 1. The average Bonchev–Trinajstić information content (AvgIpc) is 2.34. The first-order chi connectivity index (χ1) is 8.13. The zero-order valence-electron chi connectivity index (χ0n) is 9.30. The number of nitrogens with two attached hydrogens (primary N) is 1. The van der Waals surface area contributed by atoms with Gasteiger partial charge in [-0.2, -0.15) is 10.4 Å². The first-order valence-electron chi connectivity index (χ1n) is 4.83. The molecule has 0 radical (unpaired) electrons. The number of hydrogen-bond acceptors (Lipinski definition) is 4. The molecule has 0 aromatic heterocycles. The van der Waals surface area contributed by atoms with Crippen LogP contribution in [0.15, 0.2) is 29.4 Å². The molecule has 6 heteroatoms. The van der Waals surface area contributed by atoms with Crippen molar-refractivity contribution < 1.29 is 9.53 Å². The van der Waals surface area contributed by atoms with Crippen molar-refractivity contribution in [3.63, 3.8) is 0 Å². The second kappa shape index (κ2) is 6.12. The average molecular weight is 232 g/mol. The standard InChI is InChI=1S/C11H12N4O2/c1-8(14-15-11(13)16)9-2-4-10(5-3-9)17-7-6-12/h2-5H,7H2,1H3,(H3,13,15,16)/b14-8-. The summed E-state index contributed by atoms with van der Waals surface area (Å²) in [4.78, 5) is 10.5. The van der Waals surface area contributed by atoms with E-state index in [0.717, 1.165) is 5.56 Å². The zero-order chi connectivity index (χ0) is 12.7. The lowest BCUT2D eigenvalue weighted by molar-refractivity contribution is 0.249. The summed E-state index contributed by atoms with van der Waals surface area (Å²) in [7, 11) is 0. The number of hydrazone groups is 1. The normalized spacial score (nSPS) is 10.5. The van der Waals surface area contributed by atoms with Gasteiger partial charge in [0, 0.05) is 0 Å². The van der Waals surface area contributed by atoms with Crippen molar-refractivity contribution in [3.8, 4) is 11.8 Å². The molecule has 0 saturated heterocycles. The SMILES string of the molecule is C/C(=N/NC(N)=O)c1ccc(OCC#N)cc1. The Kier molecular flexibility index (Phi) is 4.51. The van der Waals surface area contributed by atoms with E-state index in [1.54, 1.807) is 31.2 Å². The smallest absolute Gasteiger partial charge is 0.332 e. The molecule has 1 aromatic carbocycles. The summed E-state index contributed by atoms with van der Waals surface area (Å²) in [6.45, 7) is 1.75. The molecule has 0 fully saturated rings. The van der Waals surface area contributed by atoms with Crippen LogP contribution in [0.4, 0.5) is 4.79 Å². The van der Waals surface area contributed by atoms with Gasteiger partial charge >= 0.3 is 6.03 Å². The van der Waals surface area contributed by atoms with Crippen molar-refractivity contribution in [2.75, 3.05) is 6.61 Å². The fraction of sp³-hybridized carbons (Fsp3) is 0.182. The zero-order valence-corrected chi connectivity index (χ0v) is 9.30. The molecule has 3 N–H and O–H groups in total. The number of rotatable bonds is 4. The molecule has 17 heavy (non-hydrogen) atoms. The molecular weight excluding hydrogens is 220 g/mol. The summed E-state index contributed by atoms with van der Waals surface area (Å²) in [6, 6.07) is 8.15. The number of hydrogen-bond donors (Lipinski definition) is 2. The van der Waals surface area contributed by atoms with Crippen LogP contribution in [0.25, 0.3) is 0 Å². The van der Waals surface area contributed by atoms with Gasteiger partial charge in [0.25, 0.3) is 0 Å². The molecule has 6 nitrogen and oxygen atoms in total. The minimum absolute atomic E-state index is 0.00957. The largest absolute Gasteiger partial charge is 0.479 e. The second-order valence-corrected chi connectivity index (χ2v) is 3.14. The van der Waals surface area contributed by atoms with Gasteiger partial charge in [-0.1, -0.05) is 0 Å². The van der Waals surface area contributed by atoms with Gasteiger partial charge in [-0.15, -0.1) is 0 Å². The van der Waals surface area contributed by atoms with E-state index in [-0.39, 0.29) is 6.61 Å². The Bertz CT molecular complexity index is 459. The molecule has 0 aliphatic carbocycles. The molecule has 88 valence electrons. The molecule has 0 heterocycles. The lowest BCUT2D eigenvalue weighted by Crippen LogP contribution is -2.25. The maximum absolute atomic E-state index is 10.5. The van der Waals surface area contributed by atoms with Crippen LogP contribution in [0, 0.1) is 11.3 Å². The molecule has 0 bridgehead atoms. The maximum Gasteiger partial charge on any atom is 0.332 e.